The van der Waals surface area contributed by atoms with Crippen molar-refractivity contribution in [2.24, 2.45) is 0 Å². The summed E-state index contributed by atoms with van der Waals surface area (Å²) in [5, 5.41) is 11.7. The third kappa shape index (κ3) is 4.49. The number of carbonyl (C=O) groups excluding carboxylic acids is 1. The predicted molar refractivity (Wildman–Crippen MR) is 128 cm³/mol. The zero-order valence-corrected chi connectivity index (χ0v) is 19.3. The second-order valence-electron chi connectivity index (χ2n) is 6.83. The highest BCUT2D eigenvalue weighted by Crippen LogP contribution is 2.28. The Morgan fingerprint density at radius 1 is 1.06 bits per heavy atom. The zero-order chi connectivity index (χ0) is 22.7. The molecule has 2 heterocycles. The quantitative estimate of drug-likeness (QED) is 0.330. The number of nitrogens with zero attached hydrogens (tertiary/aromatic N) is 2. The molecule has 0 aliphatic rings. The molecule has 0 fully saturated rings. The predicted octanol–water partition coefficient (Wildman–Crippen LogP) is 4.67. The van der Waals surface area contributed by atoms with Crippen molar-refractivity contribution < 1.29 is 13.2 Å². The Labute approximate surface area is 194 Å². The van der Waals surface area contributed by atoms with Crippen LogP contribution in [-0.4, -0.2) is 29.1 Å². The van der Waals surface area contributed by atoms with Gasteiger partial charge in [-0.25, -0.2) is 8.42 Å². The van der Waals surface area contributed by atoms with Crippen LogP contribution in [0.3, 0.4) is 0 Å². The average molecular weight is 486 g/mol. The van der Waals surface area contributed by atoms with E-state index in [1.54, 1.807) is 54.0 Å². The van der Waals surface area contributed by atoms with Crippen molar-refractivity contribution in [3.8, 4) is 10.7 Å². The van der Waals surface area contributed by atoms with Gasteiger partial charge in [-0.15, -0.1) is 11.3 Å². The van der Waals surface area contributed by atoms with E-state index in [9.17, 15) is 13.2 Å². The minimum atomic E-state index is -3.81. The highest BCUT2D eigenvalue weighted by Gasteiger charge is 2.23. The smallest absolute Gasteiger partial charge is 0.261 e. The molecule has 1 atom stereocenters. The molecule has 2 aromatic carbocycles. The van der Waals surface area contributed by atoms with E-state index in [-0.39, 0.29) is 16.5 Å². The topological polar surface area (TPSA) is 109 Å². The summed E-state index contributed by atoms with van der Waals surface area (Å²) in [5.74, 6) is 0.192. The molecule has 1 unspecified atom stereocenters. The molecule has 4 aromatic rings. The number of hydrogen-bond acceptors (Lipinski definition) is 6. The van der Waals surface area contributed by atoms with Gasteiger partial charge in [-0.05, 0) is 54.9 Å². The van der Waals surface area contributed by atoms with E-state index in [0.29, 0.717) is 16.3 Å². The van der Waals surface area contributed by atoms with Crippen LogP contribution >= 0.6 is 23.6 Å². The van der Waals surface area contributed by atoms with Crippen LogP contribution in [0.15, 0.2) is 77.0 Å². The highest BCUT2D eigenvalue weighted by atomic mass is 32.2. The number of nitrogens with one attached hydrogen (secondary N) is 3. The van der Waals surface area contributed by atoms with Gasteiger partial charge >= 0.3 is 0 Å². The maximum Gasteiger partial charge on any atom is 0.261 e. The molecule has 1 amide bonds. The molecule has 0 spiro atoms. The Kier molecular flexibility index (Phi) is 6.21. The summed E-state index contributed by atoms with van der Waals surface area (Å²) >= 11 is 6.82. The first-order valence-corrected chi connectivity index (χ1v) is 12.3. The molecule has 0 saturated carbocycles. The van der Waals surface area contributed by atoms with Crippen molar-refractivity contribution in [2.45, 2.75) is 17.9 Å². The zero-order valence-electron chi connectivity index (χ0n) is 16.8. The van der Waals surface area contributed by atoms with Crippen LogP contribution in [0.4, 0.5) is 11.4 Å². The van der Waals surface area contributed by atoms with E-state index < -0.39 is 16.1 Å². The van der Waals surface area contributed by atoms with Gasteiger partial charge < -0.3 is 5.32 Å². The van der Waals surface area contributed by atoms with Gasteiger partial charge in [-0.2, -0.15) is 5.10 Å². The SMILES string of the molecule is CC(C(=O)Nc1ccccc1NS(=O)(=O)c1ccccc1)n1c(-c2cccs2)n[nH]c1=S. The molecule has 0 aliphatic carbocycles. The molecule has 4 rings (SSSR count). The Hall–Kier alpha value is -3.28. The number of rotatable bonds is 7. The lowest BCUT2D eigenvalue weighted by Gasteiger charge is -2.17. The van der Waals surface area contributed by atoms with Crippen LogP contribution in [0.25, 0.3) is 10.7 Å². The Bertz CT molecular complexity index is 1390. The molecule has 164 valence electrons. The maximum absolute atomic E-state index is 13.1. The summed E-state index contributed by atoms with van der Waals surface area (Å²) < 4.78 is 29.9. The number of amides is 1. The first kappa shape index (κ1) is 21.9. The van der Waals surface area contributed by atoms with Gasteiger partial charge in [0.1, 0.15) is 6.04 Å². The molecule has 0 aliphatic heterocycles. The number of aromatic nitrogens is 3. The molecule has 0 bridgehead atoms. The maximum atomic E-state index is 13.1. The lowest BCUT2D eigenvalue weighted by molar-refractivity contribution is -0.118. The summed E-state index contributed by atoms with van der Waals surface area (Å²) in [7, 11) is -3.81. The largest absolute Gasteiger partial charge is 0.322 e. The van der Waals surface area contributed by atoms with E-state index in [1.165, 1.54) is 23.5 Å². The number of carbonyl (C=O) groups is 1. The van der Waals surface area contributed by atoms with E-state index in [1.807, 2.05) is 17.5 Å². The number of thiophene rings is 1. The van der Waals surface area contributed by atoms with Crippen LogP contribution in [0.1, 0.15) is 13.0 Å². The van der Waals surface area contributed by atoms with Crippen molar-refractivity contribution in [2.75, 3.05) is 10.0 Å². The molecule has 0 saturated heterocycles. The third-order valence-corrected chi connectivity index (χ3v) is 7.23. The van der Waals surface area contributed by atoms with Gasteiger partial charge in [0.15, 0.2) is 10.6 Å². The van der Waals surface area contributed by atoms with Crippen LogP contribution in [0.5, 0.6) is 0 Å². The summed E-state index contributed by atoms with van der Waals surface area (Å²) in [6.45, 7) is 1.70. The number of hydrogen-bond donors (Lipinski definition) is 3. The monoisotopic (exact) mass is 485 g/mol. The van der Waals surface area contributed by atoms with Crippen molar-refractivity contribution in [3.63, 3.8) is 0 Å². The Morgan fingerprint density at radius 2 is 1.75 bits per heavy atom. The van der Waals surface area contributed by atoms with E-state index in [2.05, 4.69) is 20.2 Å². The fourth-order valence-corrected chi connectivity index (χ4v) is 5.18. The summed E-state index contributed by atoms with van der Waals surface area (Å²) in [5.41, 5.74) is 0.586. The molecule has 32 heavy (non-hydrogen) atoms. The number of anilines is 2. The lowest BCUT2D eigenvalue weighted by Crippen LogP contribution is -2.25. The first-order valence-electron chi connectivity index (χ1n) is 9.55. The van der Waals surface area contributed by atoms with Gasteiger partial charge in [-0.3, -0.25) is 19.2 Å². The molecule has 3 N–H and O–H groups in total. The number of sulfonamides is 1. The van der Waals surface area contributed by atoms with Crippen molar-refractivity contribution >= 4 is 50.9 Å². The van der Waals surface area contributed by atoms with Gasteiger partial charge in [0, 0.05) is 0 Å². The molecule has 11 heteroatoms. The first-order chi connectivity index (χ1) is 15.4. The van der Waals surface area contributed by atoms with Crippen LogP contribution in [0, 0.1) is 4.77 Å². The number of benzene rings is 2. The van der Waals surface area contributed by atoms with Gasteiger partial charge in [0.2, 0.25) is 5.91 Å². The Balaban J connectivity index is 1.59. The molecule has 8 nitrogen and oxygen atoms in total. The summed E-state index contributed by atoms with van der Waals surface area (Å²) in [4.78, 5) is 14.1. The number of para-hydroxylation sites is 2. The average Bonchev–Trinajstić information content (AvgIpc) is 3.44. The lowest BCUT2D eigenvalue weighted by atomic mass is 10.2. The minimum absolute atomic E-state index is 0.125. The Morgan fingerprint density at radius 3 is 2.44 bits per heavy atom. The van der Waals surface area contributed by atoms with Gasteiger partial charge in [0.25, 0.3) is 10.0 Å². The van der Waals surface area contributed by atoms with Crippen molar-refractivity contribution in [1.29, 1.82) is 0 Å². The minimum Gasteiger partial charge on any atom is -0.322 e. The van der Waals surface area contributed by atoms with Crippen LogP contribution < -0.4 is 10.0 Å². The van der Waals surface area contributed by atoms with Crippen LogP contribution in [-0.2, 0) is 14.8 Å². The van der Waals surface area contributed by atoms with Crippen molar-refractivity contribution in [1.82, 2.24) is 14.8 Å². The van der Waals surface area contributed by atoms with E-state index in [4.69, 9.17) is 12.2 Å². The number of H-pyrrole nitrogens is 1. The fourth-order valence-electron chi connectivity index (χ4n) is 3.08. The number of aromatic amines is 1. The fraction of sp³-hybridized carbons (Fsp3) is 0.0952. The second kappa shape index (κ2) is 9.07. The molecule has 2 aromatic heterocycles. The molecular formula is C21H19N5O3S3. The van der Waals surface area contributed by atoms with Gasteiger partial charge in [-0.1, -0.05) is 36.4 Å². The van der Waals surface area contributed by atoms with Gasteiger partial charge in [0.05, 0.1) is 21.1 Å². The second-order valence-corrected chi connectivity index (χ2v) is 9.85. The van der Waals surface area contributed by atoms with Crippen LogP contribution in [0.2, 0.25) is 0 Å². The van der Waals surface area contributed by atoms with E-state index >= 15 is 0 Å². The summed E-state index contributed by atoms with van der Waals surface area (Å²) in [6.07, 6.45) is 0. The van der Waals surface area contributed by atoms with E-state index in [0.717, 1.165) is 4.88 Å². The third-order valence-electron chi connectivity index (χ3n) is 4.70. The van der Waals surface area contributed by atoms with Crippen molar-refractivity contribution in [3.05, 3.63) is 76.9 Å². The normalized spacial score (nSPS) is 12.3. The molecular weight excluding hydrogens is 466 g/mol. The highest BCUT2D eigenvalue weighted by molar-refractivity contribution is 7.92. The summed E-state index contributed by atoms with van der Waals surface area (Å²) in [6, 6.07) is 17.7. The molecule has 0 radical (unpaired) electrons. The standard InChI is InChI=1S/C21H19N5O3S3/c1-14(26-19(23-24-21(26)30)18-12-7-13-31-18)20(27)22-16-10-5-6-11-17(16)25-32(28,29)15-8-3-2-4-9-15/h2-14,25H,1H3,(H,22,27)(H,24,30).